The standard InChI is InChI=1S/C21H25NO3S/c1-4-24-19-10-17-9-14(2)25-20(17)11-18(19)12-22-21(23)16-7-5-15(6-8-16)13-26-3/h5-8,10-11,14H,4,9,12-13H2,1-3H3,(H,22,23)/t14-/m0/s1. The van der Waals surface area contributed by atoms with Crippen LogP contribution in [0.15, 0.2) is 36.4 Å². The first kappa shape index (κ1) is 18.6. The van der Waals surface area contributed by atoms with Crippen molar-refractivity contribution in [3.63, 3.8) is 0 Å². The van der Waals surface area contributed by atoms with Crippen LogP contribution in [-0.4, -0.2) is 24.9 Å². The Hall–Kier alpha value is -2.14. The van der Waals surface area contributed by atoms with Gasteiger partial charge < -0.3 is 14.8 Å². The number of hydrogen-bond donors (Lipinski definition) is 1. The average Bonchev–Trinajstić information content (AvgIpc) is 2.99. The van der Waals surface area contributed by atoms with Crippen LogP contribution < -0.4 is 14.8 Å². The Morgan fingerprint density at radius 3 is 2.77 bits per heavy atom. The molecule has 5 heteroatoms. The van der Waals surface area contributed by atoms with Gasteiger partial charge in [0.1, 0.15) is 17.6 Å². The molecule has 0 radical (unpaired) electrons. The topological polar surface area (TPSA) is 47.6 Å². The molecule has 26 heavy (non-hydrogen) atoms. The van der Waals surface area contributed by atoms with Gasteiger partial charge in [-0.1, -0.05) is 12.1 Å². The van der Waals surface area contributed by atoms with Crippen LogP contribution in [0.1, 0.15) is 40.9 Å². The van der Waals surface area contributed by atoms with Gasteiger partial charge in [-0.25, -0.2) is 0 Å². The number of carbonyl (C=O) groups excluding carboxylic acids is 1. The lowest BCUT2D eigenvalue weighted by atomic mass is 10.1. The van der Waals surface area contributed by atoms with Crippen LogP contribution >= 0.6 is 11.8 Å². The molecule has 0 aliphatic carbocycles. The second-order valence-electron chi connectivity index (χ2n) is 6.45. The van der Waals surface area contributed by atoms with Crippen LogP contribution in [-0.2, 0) is 18.7 Å². The minimum absolute atomic E-state index is 0.0852. The molecular formula is C21H25NO3S. The summed E-state index contributed by atoms with van der Waals surface area (Å²) in [6.07, 6.45) is 3.14. The highest BCUT2D eigenvalue weighted by Crippen LogP contribution is 2.35. The van der Waals surface area contributed by atoms with E-state index in [4.69, 9.17) is 9.47 Å². The number of fused-ring (bicyclic) bond motifs is 1. The molecule has 3 rings (SSSR count). The van der Waals surface area contributed by atoms with E-state index in [1.165, 1.54) is 11.1 Å². The van der Waals surface area contributed by atoms with Gasteiger partial charge in [-0.3, -0.25) is 4.79 Å². The highest BCUT2D eigenvalue weighted by atomic mass is 32.2. The molecule has 0 fully saturated rings. The molecule has 2 aromatic rings. The summed E-state index contributed by atoms with van der Waals surface area (Å²) in [6, 6.07) is 11.8. The molecule has 138 valence electrons. The average molecular weight is 372 g/mol. The van der Waals surface area contributed by atoms with Crippen LogP contribution in [0.5, 0.6) is 11.5 Å². The first-order valence-corrected chi connectivity index (χ1v) is 10.3. The lowest BCUT2D eigenvalue weighted by Gasteiger charge is -2.13. The van der Waals surface area contributed by atoms with E-state index in [0.717, 1.165) is 29.2 Å². The second-order valence-corrected chi connectivity index (χ2v) is 7.31. The van der Waals surface area contributed by atoms with Crippen molar-refractivity contribution < 1.29 is 14.3 Å². The highest BCUT2D eigenvalue weighted by Gasteiger charge is 2.22. The van der Waals surface area contributed by atoms with Gasteiger partial charge in [-0.15, -0.1) is 0 Å². The molecule has 1 N–H and O–H groups in total. The summed E-state index contributed by atoms with van der Waals surface area (Å²) in [5.74, 6) is 2.58. The van der Waals surface area contributed by atoms with Gasteiger partial charge in [0, 0.05) is 35.4 Å². The smallest absolute Gasteiger partial charge is 0.251 e. The normalized spacial score (nSPS) is 15.3. The Morgan fingerprint density at radius 2 is 2.08 bits per heavy atom. The summed E-state index contributed by atoms with van der Waals surface area (Å²) in [4.78, 5) is 12.5. The number of thioether (sulfide) groups is 1. The first-order chi connectivity index (χ1) is 12.6. The summed E-state index contributed by atoms with van der Waals surface area (Å²) >= 11 is 1.77. The van der Waals surface area contributed by atoms with Gasteiger partial charge in [0.15, 0.2) is 0 Å². The molecule has 0 unspecified atom stereocenters. The van der Waals surface area contributed by atoms with Crippen molar-refractivity contribution in [1.29, 1.82) is 0 Å². The van der Waals surface area contributed by atoms with Crippen LogP contribution in [0.4, 0.5) is 0 Å². The maximum Gasteiger partial charge on any atom is 0.251 e. The molecule has 0 bridgehead atoms. The Labute approximate surface area is 159 Å². The van der Waals surface area contributed by atoms with E-state index >= 15 is 0 Å². The largest absolute Gasteiger partial charge is 0.494 e. The molecule has 0 saturated heterocycles. The monoisotopic (exact) mass is 371 g/mol. The summed E-state index contributed by atoms with van der Waals surface area (Å²) in [7, 11) is 0. The summed E-state index contributed by atoms with van der Waals surface area (Å²) in [5, 5.41) is 2.99. The van der Waals surface area contributed by atoms with E-state index in [-0.39, 0.29) is 12.0 Å². The van der Waals surface area contributed by atoms with Gasteiger partial charge in [-0.05, 0) is 49.9 Å². The third-order valence-electron chi connectivity index (χ3n) is 4.35. The second kappa shape index (κ2) is 8.49. The third-order valence-corrected chi connectivity index (χ3v) is 4.97. The minimum atomic E-state index is -0.0852. The van der Waals surface area contributed by atoms with Crippen molar-refractivity contribution in [2.75, 3.05) is 12.9 Å². The Morgan fingerprint density at radius 1 is 1.31 bits per heavy atom. The number of rotatable bonds is 7. The first-order valence-electron chi connectivity index (χ1n) is 8.92. The predicted octanol–water partition coefficient (Wildman–Crippen LogP) is 4.20. The maximum atomic E-state index is 12.5. The van der Waals surface area contributed by atoms with Gasteiger partial charge in [-0.2, -0.15) is 11.8 Å². The van der Waals surface area contributed by atoms with Gasteiger partial charge >= 0.3 is 0 Å². The lowest BCUT2D eigenvalue weighted by Crippen LogP contribution is -2.23. The van der Waals surface area contributed by atoms with Crippen molar-refractivity contribution in [3.8, 4) is 11.5 Å². The van der Waals surface area contributed by atoms with Gasteiger partial charge in [0.25, 0.3) is 5.91 Å². The van der Waals surface area contributed by atoms with E-state index in [2.05, 4.69) is 18.5 Å². The molecule has 2 aromatic carbocycles. The van der Waals surface area contributed by atoms with Crippen molar-refractivity contribution in [2.45, 2.75) is 38.7 Å². The van der Waals surface area contributed by atoms with Crippen molar-refractivity contribution >= 4 is 17.7 Å². The molecule has 0 saturated carbocycles. The van der Waals surface area contributed by atoms with Gasteiger partial charge in [0.05, 0.1) is 6.61 Å². The number of ether oxygens (including phenoxy) is 2. The number of hydrogen-bond acceptors (Lipinski definition) is 4. The van der Waals surface area contributed by atoms with Crippen molar-refractivity contribution in [2.24, 2.45) is 0 Å². The Bertz CT molecular complexity index is 774. The molecular weight excluding hydrogens is 346 g/mol. The van der Waals surface area contributed by atoms with Crippen LogP contribution in [0.3, 0.4) is 0 Å². The zero-order valence-electron chi connectivity index (χ0n) is 15.5. The fourth-order valence-corrected chi connectivity index (χ4v) is 3.63. The van der Waals surface area contributed by atoms with Crippen molar-refractivity contribution in [1.82, 2.24) is 5.32 Å². The summed E-state index contributed by atoms with van der Waals surface area (Å²) in [6.45, 7) is 5.02. The summed E-state index contributed by atoms with van der Waals surface area (Å²) in [5.41, 5.74) is 3.99. The zero-order chi connectivity index (χ0) is 18.5. The number of carbonyl (C=O) groups is 1. The summed E-state index contributed by atoms with van der Waals surface area (Å²) < 4.78 is 11.6. The third kappa shape index (κ3) is 4.33. The Balaban J connectivity index is 1.70. The highest BCUT2D eigenvalue weighted by molar-refractivity contribution is 7.97. The Kier molecular flexibility index (Phi) is 6.09. The molecule has 1 atom stereocenters. The predicted molar refractivity (Wildman–Crippen MR) is 106 cm³/mol. The molecule has 0 spiro atoms. The lowest BCUT2D eigenvalue weighted by molar-refractivity contribution is 0.0950. The molecule has 4 nitrogen and oxygen atoms in total. The molecule has 1 amide bonds. The number of benzene rings is 2. The molecule has 0 aromatic heterocycles. The fraction of sp³-hybridized carbons (Fsp3) is 0.381. The molecule has 1 aliphatic rings. The number of amides is 1. The molecule has 1 heterocycles. The minimum Gasteiger partial charge on any atom is -0.494 e. The van der Waals surface area contributed by atoms with E-state index in [1.807, 2.05) is 43.3 Å². The van der Waals surface area contributed by atoms with E-state index in [0.29, 0.717) is 18.7 Å². The van der Waals surface area contributed by atoms with E-state index in [9.17, 15) is 4.79 Å². The van der Waals surface area contributed by atoms with Crippen molar-refractivity contribution in [3.05, 3.63) is 58.7 Å². The maximum absolute atomic E-state index is 12.5. The van der Waals surface area contributed by atoms with Crippen LogP contribution in [0.2, 0.25) is 0 Å². The molecule has 1 aliphatic heterocycles. The van der Waals surface area contributed by atoms with Gasteiger partial charge in [0.2, 0.25) is 0 Å². The van der Waals surface area contributed by atoms with E-state index in [1.54, 1.807) is 11.8 Å². The zero-order valence-corrected chi connectivity index (χ0v) is 16.3. The SMILES string of the molecule is CCOc1cc2c(cc1CNC(=O)c1ccc(CSC)cc1)O[C@@H](C)C2. The fourth-order valence-electron chi connectivity index (χ4n) is 3.11. The number of nitrogens with one attached hydrogen (secondary N) is 1. The quantitative estimate of drug-likeness (QED) is 0.792. The van der Waals surface area contributed by atoms with Crippen LogP contribution in [0, 0.1) is 0 Å². The van der Waals surface area contributed by atoms with E-state index < -0.39 is 0 Å². The van der Waals surface area contributed by atoms with Crippen LogP contribution in [0.25, 0.3) is 0 Å².